The van der Waals surface area contributed by atoms with Gasteiger partial charge in [-0.05, 0) is 51.6 Å². The summed E-state index contributed by atoms with van der Waals surface area (Å²) in [6.07, 6.45) is 0.219. The van der Waals surface area contributed by atoms with Crippen molar-refractivity contribution in [1.29, 1.82) is 0 Å². The second-order valence-corrected chi connectivity index (χ2v) is 11.7. The van der Waals surface area contributed by atoms with Crippen LogP contribution in [0, 0.1) is 5.92 Å². The van der Waals surface area contributed by atoms with E-state index >= 15 is 0 Å². The standard InChI is InChI=1S/C30H44F3N5O4/c1-4-42-23-15-22-16-38(29(41)25(20-11-7-5-8-12-20)35-27(39)19(2)34-3)24(18-37(22)17-23)28(40)36-26(30(31,32)33)21-13-9-6-10-14-21/h6,9-10,13-14,19-20,22-26,34H,4-5,7-8,11-12,15-18H2,1-3H3,(H,35,39)(H,36,40)/t19-,22+,23?,24?,25-,26?/m0/s1. The maximum absolute atomic E-state index is 14.3. The Bertz CT molecular complexity index is 1070. The molecular weight excluding hydrogens is 551 g/mol. The molecule has 0 radical (unpaired) electrons. The van der Waals surface area contributed by atoms with Crippen LogP contribution in [0.2, 0.25) is 0 Å². The Hall–Kier alpha value is -2.70. The van der Waals surface area contributed by atoms with Gasteiger partial charge in [0.25, 0.3) is 0 Å². The molecule has 0 spiro atoms. The summed E-state index contributed by atoms with van der Waals surface area (Å²) in [5.74, 6) is -1.74. The van der Waals surface area contributed by atoms with E-state index in [2.05, 4.69) is 16.0 Å². The fourth-order valence-corrected chi connectivity index (χ4v) is 6.53. The molecule has 1 saturated carbocycles. The van der Waals surface area contributed by atoms with Gasteiger partial charge in [-0.15, -0.1) is 0 Å². The van der Waals surface area contributed by atoms with E-state index in [9.17, 15) is 27.6 Å². The minimum atomic E-state index is -4.74. The number of alkyl halides is 3. The summed E-state index contributed by atoms with van der Waals surface area (Å²) in [4.78, 5) is 44.5. The average Bonchev–Trinajstić information content (AvgIpc) is 3.38. The molecule has 3 fully saturated rings. The number of halogens is 3. The minimum Gasteiger partial charge on any atom is -0.377 e. The number of benzene rings is 1. The van der Waals surface area contributed by atoms with Crippen LogP contribution in [0.5, 0.6) is 0 Å². The van der Waals surface area contributed by atoms with Crippen molar-refractivity contribution >= 4 is 17.7 Å². The molecule has 3 N–H and O–H groups in total. The van der Waals surface area contributed by atoms with E-state index in [1.54, 1.807) is 20.0 Å². The third-order valence-corrected chi connectivity index (χ3v) is 8.93. The van der Waals surface area contributed by atoms with Crippen LogP contribution in [0.25, 0.3) is 0 Å². The summed E-state index contributed by atoms with van der Waals surface area (Å²) >= 11 is 0. The number of amides is 3. The summed E-state index contributed by atoms with van der Waals surface area (Å²) in [6.45, 7) is 4.90. The third kappa shape index (κ3) is 7.62. The molecule has 4 rings (SSSR count). The van der Waals surface area contributed by atoms with Gasteiger partial charge < -0.3 is 25.6 Å². The van der Waals surface area contributed by atoms with Crippen molar-refractivity contribution in [3.05, 3.63) is 35.9 Å². The molecule has 1 aliphatic carbocycles. The first kappa shape index (κ1) is 32.2. The van der Waals surface area contributed by atoms with Crippen LogP contribution in [0.4, 0.5) is 13.2 Å². The molecule has 1 aromatic carbocycles. The molecule has 0 aromatic heterocycles. The number of fused-ring (bicyclic) bond motifs is 1. The average molecular weight is 596 g/mol. The van der Waals surface area contributed by atoms with Crippen molar-refractivity contribution in [2.75, 3.05) is 33.3 Å². The molecule has 2 aliphatic heterocycles. The Morgan fingerprint density at radius 2 is 1.71 bits per heavy atom. The predicted molar refractivity (Wildman–Crippen MR) is 151 cm³/mol. The zero-order valence-electron chi connectivity index (χ0n) is 24.7. The molecule has 42 heavy (non-hydrogen) atoms. The predicted octanol–water partition coefficient (Wildman–Crippen LogP) is 2.77. The smallest absolute Gasteiger partial charge is 0.377 e. The van der Waals surface area contributed by atoms with Crippen molar-refractivity contribution in [2.45, 2.75) is 94.9 Å². The molecular formula is C30H44F3N5O4. The lowest BCUT2D eigenvalue weighted by Crippen LogP contribution is -2.66. The highest BCUT2D eigenvalue weighted by molar-refractivity contribution is 5.93. The van der Waals surface area contributed by atoms with Gasteiger partial charge in [-0.1, -0.05) is 49.6 Å². The van der Waals surface area contributed by atoms with Crippen LogP contribution in [0.15, 0.2) is 30.3 Å². The topological polar surface area (TPSA) is 103 Å². The number of piperazine rings is 1. The summed E-state index contributed by atoms with van der Waals surface area (Å²) in [5, 5.41) is 8.04. The summed E-state index contributed by atoms with van der Waals surface area (Å²) in [7, 11) is 1.65. The van der Waals surface area contributed by atoms with Crippen molar-refractivity contribution in [1.82, 2.24) is 25.8 Å². The van der Waals surface area contributed by atoms with Gasteiger partial charge in [0.15, 0.2) is 6.04 Å². The largest absolute Gasteiger partial charge is 0.412 e. The Kier molecular flexibility index (Phi) is 10.9. The van der Waals surface area contributed by atoms with Gasteiger partial charge in [0.2, 0.25) is 17.7 Å². The van der Waals surface area contributed by atoms with Gasteiger partial charge in [0, 0.05) is 32.3 Å². The molecule has 3 aliphatic rings. The van der Waals surface area contributed by atoms with Crippen LogP contribution in [-0.4, -0.2) is 97.3 Å². The zero-order chi connectivity index (χ0) is 30.4. The van der Waals surface area contributed by atoms with Gasteiger partial charge in [0.05, 0.1) is 12.1 Å². The molecule has 1 aromatic rings. The number of ether oxygens (including phenoxy) is 1. The van der Waals surface area contributed by atoms with E-state index < -0.39 is 42.2 Å². The lowest BCUT2D eigenvalue weighted by Gasteiger charge is -2.45. The van der Waals surface area contributed by atoms with Gasteiger partial charge in [-0.2, -0.15) is 13.2 Å². The molecule has 9 nitrogen and oxygen atoms in total. The first-order valence-corrected chi connectivity index (χ1v) is 15.1. The number of carbonyl (C=O) groups is 3. The maximum Gasteiger partial charge on any atom is 0.412 e. The fraction of sp³-hybridized carbons (Fsp3) is 0.700. The van der Waals surface area contributed by atoms with Crippen LogP contribution in [-0.2, 0) is 19.1 Å². The number of carbonyl (C=O) groups excluding carboxylic acids is 3. The SMILES string of the molecule is CCOC1C[C@@H]2CN(C(=O)[C@@H](NC(=O)[C@H](C)NC)C3CCCCC3)C(C(=O)NC(c3ccccc3)C(F)(F)F)CN2C1. The minimum absolute atomic E-state index is 0.0867. The van der Waals surface area contributed by atoms with E-state index in [-0.39, 0.29) is 42.6 Å². The number of nitrogens with zero attached hydrogens (tertiary/aromatic N) is 2. The second-order valence-electron chi connectivity index (χ2n) is 11.7. The van der Waals surface area contributed by atoms with E-state index in [1.807, 2.05) is 11.8 Å². The number of hydrogen-bond acceptors (Lipinski definition) is 6. The van der Waals surface area contributed by atoms with E-state index in [1.165, 1.54) is 29.2 Å². The van der Waals surface area contributed by atoms with Crippen molar-refractivity contribution in [2.24, 2.45) is 5.92 Å². The Labute approximate surface area is 245 Å². The highest BCUT2D eigenvalue weighted by atomic mass is 19.4. The maximum atomic E-state index is 14.3. The first-order chi connectivity index (χ1) is 20.0. The van der Waals surface area contributed by atoms with E-state index in [0.717, 1.165) is 32.1 Å². The number of nitrogens with one attached hydrogen (secondary N) is 3. The zero-order valence-corrected chi connectivity index (χ0v) is 24.7. The summed E-state index contributed by atoms with van der Waals surface area (Å²) in [6, 6.07) is 2.34. The first-order valence-electron chi connectivity index (χ1n) is 15.1. The lowest BCUT2D eigenvalue weighted by molar-refractivity contribution is -0.167. The normalized spacial score (nSPS) is 25.8. The number of hydrogen-bond donors (Lipinski definition) is 3. The molecule has 0 bridgehead atoms. The van der Waals surface area contributed by atoms with E-state index in [0.29, 0.717) is 19.6 Å². The van der Waals surface area contributed by atoms with Gasteiger partial charge in [-0.25, -0.2) is 0 Å². The van der Waals surface area contributed by atoms with Crippen LogP contribution >= 0.6 is 0 Å². The monoisotopic (exact) mass is 595 g/mol. The van der Waals surface area contributed by atoms with E-state index in [4.69, 9.17) is 4.74 Å². The highest BCUT2D eigenvalue weighted by Gasteiger charge is 2.49. The molecule has 3 unspecified atom stereocenters. The van der Waals surface area contributed by atoms with Gasteiger partial charge in [0.1, 0.15) is 12.1 Å². The molecule has 3 amide bonds. The van der Waals surface area contributed by atoms with Crippen LogP contribution in [0.3, 0.4) is 0 Å². The van der Waals surface area contributed by atoms with Crippen molar-refractivity contribution in [3.8, 4) is 0 Å². The number of likely N-dealkylation sites (N-methyl/N-ethyl adjacent to an activating group) is 1. The van der Waals surface area contributed by atoms with Crippen molar-refractivity contribution in [3.63, 3.8) is 0 Å². The Morgan fingerprint density at radius 3 is 2.33 bits per heavy atom. The lowest BCUT2D eigenvalue weighted by atomic mass is 9.82. The number of rotatable bonds is 10. The Morgan fingerprint density at radius 1 is 1.02 bits per heavy atom. The second kappa shape index (κ2) is 14.2. The summed E-state index contributed by atoms with van der Waals surface area (Å²) in [5.41, 5.74) is -0.0871. The molecule has 234 valence electrons. The van der Waals surface area contributed by atoms with Gasteiger partial charge in [-0.3, -0.25) is 19.3 Å². The Balaban J connectivity index is 1.64. The highest BCUT2D eigenvalue weighted by Crippen LogP contribution is 2.34. The fourth-order valence-electron chi connectivity index (χ4n) is 6.53. The molecule has 2 heterocycles. The van der Waals surface area contributed by atoms with Crippen LogP contribution in [0.1, 0.15) is 64.0 Å². The quantitative estimate of drug-likeness (QED) is 0.385. The van der Waals surface area contributed by atoms with Crippen molar-refractivity contribution < 1.29 is 32.3 Å². The molecule has 12 heteroatoms. The van der Waals surface area contributed by atoms with Crippen LogP contribution < -0.4 is 16.0 Å². The molecule has 6 atom stereocenters. The third-order valence-electron chi connectivity index (χ3n) is 8.93. The summed E-state index contributed by atoms with van der Waals surface area (Å²) < 4.78 is 48.4. The molecule has 2 saturated heterocycles. The van der Waals surface area contributed by atoms with Gasteiger partial charge >= 0.3 is 6.18 Å².